The predicted molar refractivity (Wildman–Crippen MR) is 173 cm³/mol. The molecule has 0 saturated heterocycles. The highest BCUT2D eigenvalue weighted by molar-refractivity contribution is 6.17. The van der Waals surface area contributed by atoms with Gasteiger partial charge in [-0.1, -0.05) is 30.3 Å². The molecular formula is C37H25N5O. The van der Waals surface area contributed by atoms with E-state index in [4.69, 9.17) is 9.72 Å². The highest BCUT2D eigenvalue weighted by Gasteiger charge is 2.17. The van der Waals surface area contributed by atoms with E-state index in [-0.39, 0.29) is 0 Å². The van der Waals surface area contributed by atoms with Gasteiger partial charge in [0.25, 0.3) is 0 Å². The minimum Gasteiger partial charge on any atom is -0.457 e. The number of pyridine rings is 3. The first-order valence-corrected chi connectivity index (χ1v) is 14.3. The monoisotopic (exact) mass is 555 g/mol. The Balaban J connectivity index is 1.24. The van der Waals surface area contributed by atoms with Crippen LogP contribution in [0.4, 0.5) is 0 Å². The van der Waals surface area contributed by atoms with Gasteiger partial charge in [-0.05, 0) is 95.4 Å². The summed E-state index contributed by atoms with van der Waals surface area (Å²) in [5, 5.41) is 6.59. The largest absolute Gasteiger partial charge is 0.457 e. The van der Waals surface area contributed by atoms with Crippen LogP contribution in [0.1, 0.15) is 11.1 Å². The lowest BCUT2D eigenvalue weighted by Crippen LogP contribution is -1.95. The van der Waals surface area contributed by atoms with Crippen molar-refractivity contribution in [3.8, 4) is 22.6 Å². The van der Waals surface area contributed by atoms with Crippen LogP contribution in [0, 0.1) is 13.8 Å². The van der Waals surface area contributed by atoms with Crippen LogP contribution in [0.2, 0.25) is 0 Å². The molecule has 9 aromatic rings. The van der Waals surface area contributed by atoms with Crippen molar-refractivity contribution < 1.29 is 4.74 Å². The van der Waals surface area contributed by atoms with Crippen LogP contribution in [-0.2, 0) is 0 Å². The fraction of sp³-hybridized carbons (Fsp3) is 0.0541. The van der Waals surface area contributed by atoms with Crippen molar-refractivity contribution in [1.29, 1.82) is 0 Å². The summed E-state index contributed by atoms with van der Waals surface area (Å²) in [5.74, 6) is 1.50. The maximum absolute atomic E-state index is 6.53. The van der Waals surface area contributed by atoms with Crippen molar-refractivity contribution in [2.24, 2.45) is 0 Å². The summed E-state index contributed by atoms with van der Waals surface area (Å²) in [5.41, 5.74) is 9.03. The first-order chi connectivity index (χ1) is 21.2. The number of aromatic nitrogens is 5. The standard InChI is InChI=1S/C37H25N5O/c1-22-5-3-6-23(2)34(22)28-7-4-8-33-35(28)27-12-10-25(20-30(27)37-40-16-18-42(33)37)43-24-9-11-26-29(19-24)36-39-15-17-41(36)32-13-14-38-21-31(26)32/h3-21H,1-2H3. The van der Waals surface area contributed by atoms with Gasteiger partial charge in [-0.3, -0.25) is 13.8 Å². The average molecular weight is 556 g/mol. The molecule has 0 unspecified atom stereocenters. The highest BCUT2D eigenvalue weighted by atomic mass is 16.5. The van der Waals surface area contributed by atoms with E-state index in [1.165, 1.54) is 27.6 Å². The fourth-order valence-electron chi connectivity index (χ4n) is 6.80. The zero-order valence-corrected chi connectivity index (χ0v) is 23.6. The third-order valence-electron chi connectivity index (χ3n) is 8.65. The van der Waals surface area contributed by atoms with Gasteiger partial charge >= 0.3 is 0 Å². The number of fused-ring (bicyclic) bond motifs is 12. The van der Waals surface area contributed by atoms with Gasteiger partial charge in [-0.15, -0.1) is 0 Å². The van der Waals surface area contributed by atoms with Gasteiger partial charge in [0.2, 0.25) is 0 Å². The molecule has 0 fully saturated rings. The van der Waals surface area contributed by atoms with Crippen LogP contribution < -0.4 is 4.74 Å². The smallest absolute Gasteiger partial charge is 0.145 e. The molecular weight excluding hydrogens is 530 g/mol. The number of ether oxygens (including phenoxy) is 1. The number of benzene rings is 4. The Labute approximate surface area is 246 Å². The van der Waals surface area contributed by atoms with Crippen molar-refractivity contribution in [2.75, 3.05) is 0 Å². The molecule has 0 N–H and O–H groups in total. The van der Waals surface area contributed by atoms with Crippen LogP contribution in [0.3, 0.4) is 0 Å². The zero-order chi connectivity index (χ0) is 28.7. The van der Waals surface area contributed by atoms with E-state index in [0.29, 0.717) is 0 Å². The lowest BCUT2D eigenvalue weighted by Gasteiger charge is -2.17. The van der Waals surface area contributed by atoms with Crippen LogP contribution in [-0.4, -0.2) is 23.8 Å². The molecule has 204 valence electrons. The predicted octanol–water partition coefficient (Wildman–Crippen LogP) is 9.07. The average Bonchev–Trinajstić information content (AvgIpc) is 3.73. The molecule has 5 heterocycles. The van der Waals surface area contributed by atoms with Crippen molar-refractivity contribution >= 4 is 54.6 Å². The van der Waals surface area contributed by atoms with Crippen LogP contribution in [0.25, 0.3) is 65.8 Å². The Kier molecular flexibility index (Phi) is 4.93. The second-order valence-corrected chi connectivity index (χ2v) is 11.1. The third-order valence-corrected chi connectivity index (χ3v) is 8.65. The Hall–Kier alpha value is -5.75. The van der Waals surface area contributed by atoms with Gasteiger partial charge in [0.05, 0.1) is 11.0 Å². The van der Waals surface area contributed by atoms with E-state index < -0.39 is 0 Å². The number of hydrogen-bond acceptors (Lipinski definition) is 4. The van der Waals surface area contributed by atoms with E-state index in [0.717, 1.165) is 60.8 Å². The number of imidazole rings is 2. The summed E-state index contributed by atoms with van der Waals surface area (Å²) >= 11 is 0. The van der Waals surface area contributed by atoms with Gasteiger partial charge in [-0.25, -0.2) is 9.97 Å². The third kappa shape index (κ3) is 3.44. The van der Waals surface area contributed by atoms with Gasteiger partial charge in [0, 0.05) is 58.7 Å². The first-order valence-electron chi connectivity index (χ1n) is 14.3. The Morgan fingerprint density at radius 3 is 1.98 bits per heavy atom. The second kappa shape index (κ2) is 8.87. The molecule has 6 nitrogen and oxygen atoms in total. The van der Waals surface area contributed by atoms with E-state index in [2.05, 4.69) is 99.3 Å². The summed E-state index contributed by atoms with van der Waals surface area (Å²) < 4.78 is 10.8. The van der Waals surface area contributed by atoms with E-state index in [9.17, 15) is 0 Å². The topological polar surface area (TPSA) is 56.7 Å². The number of rotatable bonds is 3. The van der Waals surface area contributed by atoms with Gasteiger partial charge in [0.1, 0.15) is 22.8 Å². The summed E-state index contributed by atoms with van der Waals surface area (Å²) in [6.45, 7) is 4.37. The minimum atomic E-state index is 0.747. The Bertz CT molecular complexity index is 2560. The van der Waals surface area contributed by atoms with Crippen LogP contribution in [0.15, 0.2) is 116 Å². The minimum absolute atomic E-state index is 0.747. The summed E-state index contributed by atoms with van der Waals surface area (Å²) in [6.07, 6.45) is 11.5. The molecule has 0 spiro atoms. The number of nitrogens with zero attached hydrogens (tertiary/aromatic N) is 5. The molecule has 0 atom stereocenters. The van der Waals surface area contributed by atoms with Crippen molar-refractivity contribution in [3.05, 3.63) is 127 Å². The van der Waals surface area contributed by atoms with Gasteiger partial charge in [-0.2, -0.15) is 0 Å². The maximum atomic E-state index is 6.53. The van der Waals surface area contributed by atoms with Gasteiger partial charge in [0.15, 0.2) is 0 Å². The van der Waals surface area contributed by atoms with Crippen molar-refractivity contribution in [1.82, 2.24) is 23.8 Å². The summed E-state index contributed by atoms with van der Waals surface area (Å²) in [6, 6.07) is 27.6. The molecule has 0 aliphatic rings. The number of hydrogen-bond donors (Lipinski definition) is 0. The van der Waals surface area contributed by atoms with E-state index in [1.54, 1.807) is 0 Å². The molecule has 0 aliphatic heterocycles. The van der Waals surface area contributed by atoms with Crippen LogP contribution >= 0.6 is 0 Å². The zero-order valence-electron chi connectivity index (χ0n) is 23.6. The molecule has 0 saturated carbocycles. The maximum Gasteiger partial charge on any atom is 0.145 e. The Morgan fingerprint density at radius 1 is 0.581 bits per heavy atom. The molecule has 0 radical (unpaired) electrons. The second-order valence-electron chi connectivity index (χ2n) is 11.1. The molecule has 4 aromatic carbocycles. The van der Waals surface area contributed by atoms with Crippen LogP contribution in [0.5, 0.6) is 11.5 Å². The first kappa shape index (κ1) is 23.9. The van der Waals surface area contributed by atoms with Crippen molar-refractivity contribution in [2.45, 2.75) is 13.8 Å². The normalized spacial score (nSPS) is 12.0. The molecule has 0 aliphatic carbocycles. The molecule has 0 bridgehead atoms. The number of aryl methyl sites for hydroxylation is 2. The quantitative estimate of drug-likeness (QED) is 0.204. The SMILES string of the molecule is Cc1cccc(C)c1-c1cccc2c1c1ccc(Oc3ccc4c5cnccc5n5ccnc5c4c3)cc1c1nccn21. The van der Waals surface area contributed by atoms with Crippen molar-refractivity contribution in [3.63, 3.8) is 0 Å². The molecule has 43 heavy (non-hydrogen) atoms. The summed E-state index contributed by atoms with van der Waals surface area (Å²) in [4.78, 5) is 13.8. The molecule has 0 amide bonds. The molecule has 6 heteroatoms. The Morgan fingerprint density at radius 2 is 1.23 bits per heavy atom. The molecule has 9 rings (SSSR count). The lowest BCUT2D eigenvalue weighted by molar-refractivity contribution is 0.484. The molecule has 5 aromatic heterocycles. The van der Waals surface area contributed by atoms with Gasteiger partial charge < -0.3 is 4.74 Å². The van der Waals surface area contributed by atoms with E-state index in [1.807, 2.05) is 49.3 Å². The summed E-state index contributed by atoms with van der Waals surface area (Å²) in [7, 11) is 0. The lowest BCUT2D eigenvalue weighted by atomic mass is 9.91. The fourth-order valence-corrected chi connectivity index (χ4v) is 6.80. The van der Waals surface area contributed by atoms with E-state index >= 15 is 0 Å². The highest BCUT2D eigenvalue weighted by Crippen LogP contribution is 2.40.